The van der Waals surface area contributed by atoms with E-state index in [9.17, 15) is 0 Å². The Balaban J connectivity index is 2.02. The Hall–Kier alpha value is -0.640. The molecule has 3 aromatic rings. The molecule has 0 atom stereocenters. The normalized spacial score (nSPS) is 13.8. The fraction of sp³-hybridized carbons (Fsp3) is 0.407. The molecule has 1 aliphatic rings. The van der Waals surface area contributed by atoms with E-state index in [1.165, 1.54) is 34.8 Å². The fourth-order valence-electron chi connectivity index (χ4n) is 5.25. The van der Waals surface area contributed by atoms with Crippen LogP contribution in [0.1, 0.15) is 55.5 Å². The van der Waals surface area contributed by atoms with E-state index in [4.69, 9.17) is 11.8 Å². The van der Waals surface area contributed by atoms with Crippen LogP contribution >= 0.6 is 6.04 Å². The summed E-state index contributed by atoms with van der Waals surface area (Å²) in [5, 5.41) is 4.65. The third kappa shape index (κ3) is 3.63. The second-order valence-corrected chi connectivity index (χ2v) is 18.2. The van der Waals surface area contributed by atoms with E-state index in [0.717, 1.165) is 0 Å². The molecule has 0 saturated heterocycles. The molecule has 0 spiro atoms. The summed E-state index contributed by atoms with van der Waals surface area (Å²) in [7, 11) is 0. The molecule has 0 aromatic heterocycles. The van der Waals surface area contributed by atoms with Gasteiger partial charge >= 0.3 is 199 Å². The fourth-order valence-corrected chi connectivity index (χ4v) is 12.3. The second kappa shape index (κ2) is 8.37. The first-order chi connectivity index (χ1) is 14.1. The summed E-state index contributed by atoms with van der Waals surface area (Å²) in [5.41, 5.74) is 8.45. The number of benzene rings is 3. The average Bonchev–Trinajstić information content (AvgIpc) is 3.09. The summed E-state index contributed by atoms with van der Waals surface area (Å²) in [6.45, 7) is 16.2. The first-order valence-corrected chi connectivity index (χ1v) is 16.3. The van der Waals surface area contributed by atoms with Crippen LogP contribution in [0.5, 0.6) is 0 Å². The van der Waals surface area contributed by atoms with Gasteiger partial charge in [-0.25, -0.2) is 0 Å². The van der Waals surface area contributed by atoms with Crippen LogP contribution in [0.25, 0.3) is 10.8 Å². The monoisotopic (exact) mass is 550 g/mol. The van der Waals surface area contributed by atoms with Crippen LogP contribution in [0.2, 0.25) is 0 Å². The zero-order chi connectivity index (χ0) is 21.8. The maximum atomic E-state index is 6.57. The molecule has 1 aliphatic carbocycles. The molecule has 0 heterocycles. The Morgan fingerprint density at radius 3 is 1.87 bits per heavy atom. The zero-order valence-corrected chi connectivity index (χ0v) is 23.3. The van der Waals surface area contributed by atoms with Gasteiger partial charge in [-0.05, 0) is 0 Å². The second-order valence-electron chi connectivity index (χ2n) is 9.44. The number of aryl methyl sites for hydroxylation is 5. The van der Waals surface area contributed by atoms with Crippen molar-refractivity contribution in [3.05, 3.63) is 64.2 Å². The quantitative estimate of drug-likeness (QED) is 0.303. The molecule has 3 heteroatoms. The number of rotatable bonds is 5. The molecule has 3 aromatic carbocycles. The molecule has 0 aliphatic heterocycles. The Morgan fingerprint density at radius 2 is 1.33 bits per heavy atom. The van der Waals surface area contributed by atoms with Gasteiger partial charge in [-0.15, -0.1) is 0 Å². The molecule has 0 fully saturated rings. The number of hydrogen-bond acceptors (Lipinski definition) is 1. The summed E-state index contributed by atoms with van der Waals surface area (Å²) >= 11 is 6.08. The van der Waals surface area contributed by atoms with Gasteiger partial charge in [0.15, 0.2) is 0 Å². The Kier molecular flexibility index (Phi) is 6.29. The molecule has 4 rings (SSSR count). The van der Waals surface area contributed by atoms with E-state index in [1.54, 1.807) is 29.1 Å². The topological polar surface area (TPSA) is 0 Å². The van der Waals surface area contributed by atoms with Crippen molar-refractivity contribution in [2.75, 3.05) is 0 Å². The zero-order valence-electron chi connectivity index (χ0n) is 19.3. The Morgan fingerprint density at radius 1 is 0.800 bits per heavy atom. The van der Waals surface area contributed by atoms with E-state index < -0.39 is 27.0 Å². The van der Waals surface area contributed by atoms with E-state index >= 15 is 0 Å². The van der Waals surface area contributed by atoms with Gasteiger partial charge in [0.2, 0.25) is 0 Å². The van der Waals surface area contributed by atoms with Crippen molar-refractivity contribution in [3.63, 3.8) is 0 Å². The van der Waals surface area contributed by atoms with Crippen molar-refractivity contribution in [3.8, 4) is 0 Å². The molecule has 0 saturated carbocycles. The van der Waals surface area contributed by atoms with Crippen LogP contribution in [0.15, 0.2) is 36.4 Å². The molecular weight excluding hydrogens is 515 g/mol. The summed E-state index contributed by atoms with van der Waals surface area (Å²) < 4.78 is 3.21. The van der Waals surface area contributed by atoms with E-state index in [-0.39, 0.29) is 0 Å². The van der Waals surface area contributed by atoms with Crippen LogP contribution in [-0.2, 0) is 24.6 Å². The molecule has 30 heavy (non-hydrogen) atoms. The molecular formula is C27H33PSTe. The molecule has 0 bridgehead atoms. The third-order valence-electron chi connectivity index (χ3n) is 6.66. The number of hydrogen-bond donors (Lipinski definition) is 0. The van der Waals surface area contributed by atoms with Crippen molar-refractivity contribution < 1.29 is 0 Å². The third-order valence-corrected chi connectivity index (χ3v) is 18.0. The van der Waals surface area contributed by atoms with Gasteiger partial charge in [0.05, 0.1) is 0 Å². The van der Waals surface area contributed by atoms with Crippen molar-refractivity contribution in [2.45, 2.75) is 72.6 Å². The summed E-state index contributed by atoms with van der Waals surface area (Å²) in [4.78, 5) is 0. The standard InChI is InChI=1S/C27H33PSTe/c1-16(2)28(29,17(3)4)23-12-10-21-8-9-22-11-13-24(26(23)25(21)22)30-27-19(6)14-18(5)15-20(27)7/h10-17H,8-9H2,1-7H3. The molecule has 158 valence electrons. The molecule has 0 unspecified atom stereocenters. The van der Waals surface area contributed by atoms with Gasteiger partial charge in [0, 0.05) is 0 Å². The van der Waals surface area contributed by atoms with Gasteiger partial charge < -0.3 is 0 Å². The molecule has 0 amide bonds. The summed E-state index contributed by atoms with van der Waals surface area (Å²) in [5.74, 6) is 0. The van der Waals surface area contributed by atoms with Crippen LogP contribution in [0.4, 0.5) is 0 Å². The predicted molar refractivity (Wildman–Crippen MR) is 141 cm³/mol. The minimum absolute atomic E-state index is 0.489. The average molecular weight is 548 g/mol. The van der Waals surface area contributed by atoms with Crippen molar-refractivity contribution in [1.82, 2.24) is 0 Å². The van der Waals surface area contributed by atoms with Crippen LogP contribution < -0.4 is 12.5 Å². The van der Waals surface area contributed by atoms with E-state index in [2.05, 4.69) is 84.9 Å². The predicted octanol–water partition coefficient (Wildman–Crippen LogP) is 5.44. The van der Waals surface area contributed by atoms with Crippen LogP contribution in [0, 0.1) is 20.8 Å². The van der Waals surface area contributed by atoms with Crippen molar-refractivity contribution >= 4 is 62.1 Å². The summed E-state index contributed by atoms with van der Waals surface area (Å²) in [6, 6.07) is 12.8. The molecule has 0 N–H and O–H groups in total. The maximum absolute atomic E-state index is 6.57. The van der Waals surface area contributed by atoms with Gasteiger partial charge in [-0.3, -0.25) is 0 Å². The van der Waals surface area contributed by atoms with E-state index in [0.29, 0.717) is 11.3 Å². The SMILES string of the molecule is Cc1cc(C)c([Te]c2ccc3c4c(ccc(P(=S)(C(C)C)C(C)C)c24)CC3)c(C)c1. The van der Waals surface area contributed by atoms with Gasteiger partial charge in [-0.2, -0.15) is 0 Å². The van der Waals surface area contributed by atoms with E-state index in [1.807, 2.05) is 0 Å². The Bertz CT molecular complexity index is 1140. The minimum atomic E-state index is -1.68. The van der Waals surface area contributed by atoms with Gasteiger partial charge in [0.25, 0.3) is 0 Å². The molecule has 0 nitrogen and oxygen atoms in total. The van der Waals surface area contributed by atoms with Gasteiger partial charge in [0.1, 0.15) is 0 Å². The van der Waals surface area contributed by atoms with Crippen molar-refractivity contribution in [1.29, 1.82) is 0 Å². The summed E-state index contributed by atoms with van der Waals surface area (Å²) in [6.07, 6.45) is 2.37. The van der Waals surface area contributed by atoms with Crippen LogP contribution in [0.3, 0.4) is 0 Å². The van der Waals surface area contributed by atoms with Crippen LogP contribution in [-0.4, -0.2) is 32.2 Å². The van der Waals surface area contributed by atoms with Gasteiger partial charge in [-0.1, -0.05) is 0 Å². The first-order valence-electron chi connectivity index (χ1n) is 11.1. The first kappa shape index (κ1) is 22.5. The molecule has 0 radical (unpaired) electrons. The Labute approximate surface area is 198 Å². The van der Waals surface area contributed by atoms with Crippen molar-refractivity contribution in [2.24, 2.45) is 0 Å².